The van der Waals surface area contributed by atoms with Crippen LogP contribution in [0.3, 0.4) is 0 Å². The van der Waals surface area contributed by atoms with Crippen LogP contribution in [0.15, 0.2) is 48.8 Å². The van der Waals surface area contributed by atoms with Crippen molar-refractivity contribution in [1.29, 1.82) is 0 Å². The summed E-state index contributed by atoms with van der Waals surface area (Å²) in [5.41, 5.74) is 0.462. The summed E-state index contributed by atoms with van der Waals surface area (Å²) in [5, 5.41) is 0. The van der Waals surface area contributed by atoms with Gasteiger partial charge in [0.1, 0.15) is 17.7 Å². The molecule has 0 radical (unpaired) electrons. The number of pyridine rings is 1. The molecule has 24 heavy (non-hydrogen) atoms. The van der Waals surface area contributed by atoms with Crippen molar-refractivity contribution in [3.05, 3.63) is 60.2 Å². The third-order valence-electron chi connectivity index (χ3n) is 3.97. The molecule has 3 rings (SSSR count). The first-order valence-electron chi connectivity index (χ1n) is 7.82. The Balaban J connectivity index is 1.57. The van der Waals surface area contributed by atoms with Crippen LogP contribution < -0.4 is 4.74 Å². The molecule has 0 spiro atoms. The van der Waals surface area contributed by atoms with Gasteiger partial charge in [-0.2, -0.15) is 0 Å². The van der Waals surface area contributed by atoms with Crippen LogP contribution in [0.25, 0.3) is 0 Å². The first-order chi connectivity index (χ1) is 11.5. The molecule has 0 amide bonds. The maximum absolute atomic E-state index is 13.2. The van der Waals surface area contributed by atoms with Crippen molar-refractivity contribution in [3.63, 3.8) is 0 Å². The molecule has 128 valence electrons. The van der Waals surface area contributed by atoms with Crippen LogP contribution in [-0.2, 0) is 15.8 Å². The van der Waals surface area contributed by atoms with Gasteiger partial charge in [0.2, 0.25) is 10.0 Å². The van der Waals surface area contributed by atoms with E-state index >= 15 is 0 Å². The Hall–Kier alpha value is -1.99. The highest BCUT2D eigenvalue weighted by molar-refractivity contribution is 7.88. The molecule has 1 saturated heterocycles. The van der Waals surface area contributed by atoms with Gasteiger partial charge in [-0.3, -0.25) is 4.98 Å². The highest BCUT2D eigenvalue weighted by Crippen LogP contribution is 2.21. The molecule has 2 heterocycles. The summed E-state index contributed by atoms with van der Waals surface area (Å²) in [6.45, 7) is 0.811. The lowest BCUT2D eigenvalue weighted by Gasteiger charge is -2.31. The van der Waals surface area contributed by atoms with Gasteiger partial charge >= 0.3 is 0 Å². The number of hydrogen-bond donors (Lipinski definition) is 0. The lowest BCUT2D eigenvalue weighted by Crippen LogP contribution is -2.42. The standard InChI is InChI=1S/C17H19FN2O3S/c18-15-4-1-3-14(11-15)13-24(21,22)20-9-6-16(7-10-20)23-17-5-2-8-19-12-17/h1-5,8,11-12,16H,6-7,9-10,13H2. The van der Waals surface area contributed by atoms with Crippen molar-refractivity contribution in [2.75, 3.05) is 13.1 Å². The number of sulfonamides is 1. The number of ether oxygens (including phenoxy) is 1. The molecule has 1 aromatic heterocycles. The zero-order valence-corrected chi connectivity index (χ0v) is 14.0. The molecule has 1 fully saturated rings. The fourth-order valence-corrected chi connectivity index (χ4v) is 4.32. The summed E-state index contributed by atoms with van der Waals surface area (Å²) in [4.78, 5) is 4.00. The summed E-state index contributed by atoms with van der Waals surface area (Å²) in [6.07, 6.45) is 4.55. The molecule has 0 unspecified atom stereocenters. The van der Waals surface area contributed by atoms with Gasteiger partial charge in [0, 0.05) is 19.3 Å². The summed E-state index contributed by atoms with van der Waals surface area (Å²) in [7, 11) is -3.45. The number of hydrogen-bond acceptors (Lipinski definition) is 4. The smallest absolute Gasteiger partial charge is 0.218 e. The highest BCUT2D eigenvalue weighted by Gasteiger charge is 2.29. The molecule has 5 nitrogen and oxygen atoms in total. The largest absolute Gasteiger partial charge is 0.489 e. The molecular formula is C17H19FN2O3S. The van der Waals surface area contributed by atoms with Crippen molar-refractivity contribution in [2.24, 2.45) is 0 Å². The molecule has 0 atom stereocenters. The molecule has 0 bridgehead atoms. The minimum absolute atomic E-state index is 0.0187. The lowest BCUT2D eigenvalue weighted by molar-refractivity contribution is 0.134. The van der Waals surface area contributed by atoms with Crippen LogP contribution in [0, 0.1) is 5.82 Å². The van der Waals surface area contributed by atoms with E-state index in [2.05, 4.69) is 4.98 Å². The SMILES string of the molecule is O=S(=O)(Cc1cccc(F)c1)N1CCC(Oc2cccnc2)CC1. The van der Waals surface area contributed by atoms with E-state index in [-0.39, 0.29) is 11.9 Å². The minimum atomic E-state index is -3.45. The minimum Gasteiger partial charge on any atom is -0.489 e. The molecule has 7 heteroatoms. The number of rotatable bonds is 5. The molecule has 1 aliphatic heterocycles. The second-order valence-electron chi connectivity index (χ2n) is 5.79. The van der Waals surface area contributed by atoms with Crippen LogP contribution >= 0.6 is 0 Å². The third-order valence-corrected chi connectivity index (χ3v) is 5.82. The zero-order valence-electron chi connectivity index (χ0n) is 13.1. The number of nitrogens with zero attached hydrogens (tertiary/aromatic N) is 2. The Morgan fingerprint density at radius 2 is 2.00 bits per heavy atom. The number of benzene rings is 1. The van der Waals surface area contributed by atoms with E-state index in [0.29, 0.717) is 37.2 Å². The van der Waals surface area contributed by atoms with Gasteiger partial charge in [-0.05, 0) is 42.7 Å². The van der Waals surface area contributed by atoms with Crippen molar-refractivity contribution >= 4 is 10.0 Å². The van der Waals surface area contributed by atoms with Crippen molar-refractivity contribution in [3.8, 4) is 5.75 Å². The highest BCUT2D eigenvalue weighted by atomic mass is 32.2. The van der Waals surface area contributed by atoms with Crippen LogP contribution in [0.4, 0.5) is 4.39 Å². The second-order valence-corrected chi connectivity index (χ2v) is 7.76. The van der Waals surface area contributed by atoms with Gasteiger partial charge in [0.05, 0.1) is 11.9 Å². The predicted octanol–water partition coefficient (Wildman–Crippen LogP) is 2.59. The van der Waals surface area contributed by atoms with Crippen LogP contribution in [0.5, 0.6) is 5.75 Å². The Morgan fingerprint density at radius 1 is 1.21 bits per heavy atom. The Kier molecular flexibility index (Phi) is 5.11. The van der Waals surface area contributed by atoms with Crippen molar-refractivity contribution < 1.29 is 17.5 Å². The van der Waals surface area contributed by atoms with Gasteiger partial charge in [0.15, 0.2) is 0 Å². The summed E-state index contributed by atoms with van der Waals surface area (Å²) in [6, 6.07) is 9.34. The molecule has 1 aliphatic rings. The van der Waals surface area contributed by atoms with E-state index in [1.807, 2.05) is 6.07 Å². The quantitative estimate of drug-likeness (QED) is 0.832. The van der Waals surface area contributed by atoms with E-state index < -0.39 is 15.8 Å². The first kappa shape index (κ1) is 16.9. The summed E-state index contributed by atoms with van der Waals surface area (Å²) in [5.74, 6) is 0.0867. The third kappa shape index (κ3) is 4.30. The monoisotopic (exact) mass is 350 g/mol. The number of piperidine rings is 1. The molecule has 1 aromatic carbocycles. The van der Waals surface area contributed by atoms with Crippen LogP contribution in [0.1, 0.15) is 18.4 Å². The Bertz CT molecular complexity index is 775. The maximum Gasteiger partial charge on any atom is 0.218 e. The van der Waals surface area contributed by atoms with E-state index in [1.165, 1.54) is 22.5 Å². The molecule has 0 aliphatic carbocycles. The fourth-order valence-electron chi connectivity index (χ4n) is 2.77. The number of aromatic nitrogens is 1. The van der Waals surface area contributed by atoms with E-state index in [4.69, 9.17) is 4.74 Å². The summed E-state index contributed by atoms with van der Waals surface area (Å²) < 4.78 is 45.5. The molecule has 0 N–H and O–H groups in total. The van der Waals surface area contributed by atoms with Crippen molar-refractivity contribution in [2.45, 2.75) is 24.7 Å². The van der Waals surface area contributed by atoms with E-state index in [0.717, 1.165) is 0 Å². The second kappa shape index (κ2) is 7.27. The van der Waals surface area contributed by atoms with E-state index in [1.54, 1.807) is 24.5 Å². The Labute approximate surface area is 141 Å². The van der Waals surface area contributed by atoms with Crippen molar-refractivity contribution in [1.82, 2.24) is 9.29 Å². The Morgan fingerprint density at radius 3 is 2.67 bits per heavy atom. The predicted molar refractivity (Wildman–Crippen MR) is 88.5 cm³/mol. The molecule has 0 saturated carbocycles. The van der Waals surface area contributed by atoms with Gasteiger partial charge in [0.25, 0.3) is 0 Å². The maximum atomic E-state index is 13.2. The topological polar surface area (TPSA) is 59.5 Å². The summed E-state index contributed by atoms with van der Waals surface area (Å²) >= 11 is 0. The average molecular weight is 350 g/mol. The van der Waals surface area contributed by atoms with Gasteiger partial charge < -0.3 is 4.74 Å². The van der Waals surface area contributed by atoms with Gasteiger partial charge in [-0.1, -0.05) is 12.1 Å². The van der Waals surface area contributed by atoms with E-state index in [9.17, 15) is 12.8 Å². The van der Waals surface area contributed by atoms with Crippen LogP contribution in [-0.4, -0.2) is 36.9 Å². The molecular weight excluding hydrogens is 331 g/mol. The first-order valence-corrected chi connectivity index (χ1v) is 9.43. The number of halogens is 1. The fraction of sp³-hybridized carbons (Fsp3) is 0.353. The van der Waals surface area contributed by atoms with Gasteiger partial charge in [-0.15, -0.1) is 0 Å². The zero-order chi connectivity index (χ0) is 17.0. The molecule has 2 aromatic rings. The van der Waals surface area contributed by atoms with Crippen LogP contribution in [0.2, 0.25) is 0 Å². The normalized spacial score (nSPS) is 16.9. The average Bonchev–Trinajstić information content (AvgIpc) is 2.56. The lowest BCUT2D eigenvalue weighted by atomic mass is 10.1. The van der Waals surface area contributed by atoms with Gasteiger partial charge in [-0.25, -0.2) is 17.1 Å².